The number of aliphatic hydroxyl groups excluding tert-OH is 1. The summed E-state index contributed by atoms with van der Waals surface area (Å²) in [5.41, 5.74) is 0.891. The van der Waals surface area contributed by atoms with Gasteiger partial charge in [0.25, 0.3) is 0 Å². The van der Waals surface area contributed by atoms with Crippen LogP contribution in [0.3, 0.4) is 0 Å². The van der Waals surface area contributed by atoms with Crippen molar-refractivity contribution in [2.45, 2.75) is 31.3 Å². The van der Waals surface area contributed by atoms with Gasteiger partial charge in [0.2, 0.25) is 0 Å². The molecule has 0 bridgehead atoms. The van der Waals surface area contributed by atoms with Gasteiger partial charge in [-0.05, 0) is 0 Å². The Kier molecular flexibility index (Phi) is 4.05. The number of benzene rings is 1. The van der Waals surface area contributed by atoms with E-state index in [2.05, 4.69) is 37.9 Å². The molecule has 0 aliphatic carbocycles. The topological polar surface area (TPSA) is 20.2 Å². The average Bonchev–Trinajstić information content (AvgIpc) is 2.71. The molecule has 0 saturated carbocycles. The maximum atomic E-state index is 8.98. The molecule has 1 atom stereocenters. The molecule has 0 spiro atoms. The predicted octanol–water partition coefficient (Wildman–Crippen LogP) is 1.54. The van der Waals surface area contributed by atoms with E-state index in [0.717, 1.165) is 12.1 Å². The summed E-state index contributed by atoms with van der Waals surface area (Å²) in [5.74, 6) is 0. The molecule has 1 nitrogen and oxygen atoms in total. The van der Waals surface area contributed by atoms with Crippen LogP contribution in [0.4, 0.5) is 0 Å². The zero-order valence-corrected chi connectivity index (χ0v) is 11.2. The Morgan fingerprint density at radius 1 is 1.31 bits per heavy atom. The normalized spacial score (nSPS) is 25.4. The van der Waals surface area contributed by atoms with E-state index in [-0.39, 0.29) is 0 Å². The van der Waals surface area contributed by atoms with Crippen molar-refractivity contribution in [3.05, 3.63) is 30.3 Å². The minimum atomic E-state index is -1.24. The number of rotatable bonds is 4. The van der Waals surface area contributed by atoms with Gasteiger partial charge in [0.1, 0.15) is 0 Å². The Bertz CT molecular complexity index is 330. The van der Waals surface area contributed by atoms with Gasteiger partial charge in [-0.1, -0.05) is 0 Å². The molecule has 1 aromatic rings. The van der Waals surface area contributed by atoms with Gasteiger partial charge in [0, 0.05) is 0 Å². The van der Waals surface area contributed by atoms with Crippen LogP contribution in [0.15, 0.2) is 30.3 Å². The van der Waals surface area contributed by atoms with Gasteiger partial charge < -0.3 is 0 Å². The molecule has 16 heavy (non-hydrogen) atoms. The zero-order valence-electron chi connectivity index (χ0n) is 10.2. The predicted molar refractivity (Wildman–Crippen MR) is 77.1 cm³/mol. The van der Waals surface area contributed by atoms with Crippen molar-refractivity contribution < 1.29 is 5.11 Å². The van der Waals surface area contributed by atoms with E-state index in [1.54, 1.807) is 5.30 Å². The van der Waals surface area contributed by atoms with E-state index >= 15 is 0 Å². The molecular formula is C13H22BOP. The van der Waals surface area contributed by atoms with Crippen molar-refractivity contribution >= 4 is 20.0 Å². The second-order valence-electron chi connectivity index (χ2n) is 5.24. The number of hydrogen-bond acceptors (Lipinski definition) is 1. The number of aliphatic hydroxyl groups is 1. The standard InChI is InChI=1S/C13H22BOP/c14-16(12-6-2-1-3-7-12)11-5-9-13(16)8-4-10-15/h1-3,6-7,13,15-16H,4-5,8-11,14H2/t13-/m1/s1. The van der Waals surface area contributed by atoms with E-state index in [9.17, 15) is 0 Å². The average molecular weight is 236 g/mol. The molecule has 0 radical (unpaired) electrons. The number of hydrogen-bond donors (Lipinski definition) is 1. The monoisotopic (exact) mass is 236 g/mol. The molecule has 0 unspecified atom stereocenters. The summed E-state index contributed by atoms with van der Waals surface area (Å²) in [4.78, 5) is 0. The molecule has 3 heteroatoms. The van der Waals surface area contributed by atoms with E-state index in [1.165, 1.54) is 25.4 Å². The molecule has 2 rings (SSSR count). The molecule has 1 N–H and O–H groups in total. The maximum absolute atomic E-state index is 8.98. The van der Waals surface area contributed by atoms with Crippen LogP contribution in [-0.2, 0) is 0 Å². The molecule has 1 heterocycles. The van der Waals surface area contributed by atoms with Crippen LogP contribution in [0, 0.1) is 0 Å². The fourth-order valence-corrected chi connectivity index (χ4v) is 7.98. The third-order valence-electron chi connectivity index (χ3n) is 4.29. The molecule has 1 fully saturated rings. The van der Waals surface area contributed by atoms with Gasteiger partial charge in [-0.15, -0.1) is 0 Å². The Morgan fingerprint density at radius 2 is 2.06 bits per heavy atom. The van der Waals surface area contributed by atoms with Crippen LogP contribution in [0.5, 0.6) is 0 Å². The summed E-state index contributed by atoms with van der Waals surface area (Å²) in [6.07, 6.45) is 6.44. The Balaban J connectivity index is 2.16. The SMILES string of the molecule is B[PH]1(c2ccccc2)CCC[C@H]1CCCO. The molecular weight excluding hydrogens is 214 g/mol. The summed E-state index contributed by atoms with van der Waals surface area (Å²) < 4.78 is 0. The fourth-order valence-electron chi connectivity index (χ4n) is 3.24. The quantitative estimate of drug-likeness (QED) is 0.621. The van der Waals surface area contributed by atoms with Crippen LogP contribution >= 0.6 is 7.14 Å². The Hall–Kier alpha value is -0.325. The van der Waals surface area contributed by atoms with Crippen molar-refractivity contribution in [2.75, 3.05) is 12.8 Å². The molecule has 1 saturated heterocycles. The first-order valence-corrected chi connectivity index (χ1v) is 9.22. The Morgan fingerprint density at radius 3 is 2.75 bits per heavy atom. The van der Waals surface area contributed by atoms with E-state index in [1.807, 2.05) is 0 Å². The molecule has 0 aromatic heterocycles. The molecule has 1 aliphatic rings. The van der Waals surface area contributed by atoms with Gasteiger partial charge in [0.05, 0.1) is 0 Å². The van der Waals surface area contributed by atoms with Crippen molar-refractivity contribution in [1.82, 2.24) is 0 Å². The second kappa shape index (κ2) is 5.34. The van der Waals surface area contributed by atoms with E-state index < -0.39 is 7.14 Å². The van der Waals surface area contributed by atoms with Gasteiger partial charge in [-0.3, -0.25) is 0 Å². The first-order valence-electron chi connectivity index (χ1n) is 6.44. The minimum absolute atomic E-state index is 0.357. The summed E-state index contributed by atoms with van der Waals surface area (Å²) in [6.45, 7) is 0.357. The van der Waals surface area contributed by atoms with Crippen LogP contribution in [-0.4, -0.2) is 31.1 Å². The summed E-state index contributed by atoms with van der Waals surface area (Å²) in [7, 11) is 1.30. The molecule has 1 aliphatic heterocycles. The van der Waals surface area contributed by atoms with Crippen molar-refractivity contribution in [1.29, 1.82) is 0 Å². The molecule has 0 amide bonds. The van der Waals surface area contributed by atoms with Crippen molar-refractivity contribution in [2.24, 2.45) is 0 Å². The van der Waals surface area contributed by atoms with Gasteiger partial charge in [-0.2, -0.15) is 0 Å². The Labute approximate surface area is 100.0 Å². The van der Waals surface area contributed by atoms with Crippen LogP contribution in [0.2, 0.25) is 0 Å². The molecule has 1 aromatic carbocycles. The van der Waals surface area contributed by atoms with E-state index in [4.69, 9.17) is 5.11 Å². The summed E-state index contributed by atoms with van der Waals surface area (Å²) in [6, 6.07) is 11.1. The zero-order chi connectivity index (χ0) is 11.4. The van der Waals surface area contributed by atoms with Gasteiger partial charge in [0.15, 0.2) is 0 Å². The second-order valence-corrected chi connectivity index (χ2v) is 9.97. The third-order valence-corrected chi connectivity index (χ3v) is 9.72. The first-order chi connectivity index (χ1) is 7.77. The van der Waals surface area contributed by atoms with Gasteiger partial charge in [-0.25, -0.2) is 0 Å². The molecule has 88 valence electrons. The summed E-state index contributed by atoms with van der Waals surface area (Å²) in [5, 5.41) is 10.6. The van der Waals surface area contributed by atoms with Crippen molar-refractivity contribution in [3.63, 3.8) is 0 Å². The van der Waals surface area contributed by atoms with E-state index in [0.29, 0.717) is 6.61 Å². The van der Waals surface area contributed by atoms with Crippen LogP contribution < -0.4 is 5.30 Å². The van der Waals surface area contributed by atoms with Crippen molar-refractivity contribution in [3.8, 4) is 0 Å². The van der Waals surface area contributed by atoms with Crippen LogP contribution in [0.1, 0.15) is 25.7 Å². The van der Waals surface area contributed by atoms with Gasteiger partial charge >= 0.3 is 99.6 Å². The fraction of sp³-hybridized carbons (Fsp3) is 0.538. The third kappa shape index (κ3) is 2.33. The first kappa shape index (κ1) is 12.1. The van der Waals surface area contributed by atoms with Crippen LogP contribution in [0.25, 0.3) is 0 Å². The summed E-state index contributed by atoms with van der Waals surface area (Å²) >= 11 is 0.